The molecule has 1 aromatic heterocycles. The number of halogens is 1. The highest BCUT2D eigenvalue weighted by Crippen LogP contribution is 2.16. The zero-order chi connectivity index (χ0) is 12.8. The third-order valence-corrected chi connectivity index (χ3v) is 3.04. The summed E-state index contributed by atoms with van der Waals surface area (Å²) in [5.74, 6) is 0.524. The number of ether oxygens (including phenoxy) is 1. The average Bonchev–Trinajstić information content (AvgIpc) is 2.41. The second-order valence-corrected chi connectivity index (χ2v) is 4.46. The highest BCUT2D eigenvalue weighted by molar-refractivity contribution is 5.40. The molecule has 0 aliphatic carbocycles. The molecule has 18 heavy (non-hydrogen) atoms. The maximum absolute atomic E-state index is 12.9. The fourth-order valence-electron chi connectivity index (χ4n) is 2.11. The molecule has 5 heteroatoms. The van der Waals surface area contributed by atoms with E-state index in [0.29, 0.717) is 13.2 Å². The molecule has 2 rings (SSSR count). The maximum atomic E-state index is 12.9. The van der Waals surface area contributed by atoms with Crippen LogP contribution in [0.25, 0.3) is 0 Å². The van der Waals surface area contributed by atoms with Gasteiger partial charge in [-0.2, -0.15) is 0 Å². The summed E-state index contributed by atoms with van der Waals surface area (Å²) in [6, 6.07) is 3.45. The Morgan fingerprint density at radius 3 is 3.17 bits per heavy atom. The van der Waals surface area contributed by atoms with Crippen LogP contribution in [-0.2, 0) is 4.74 Å². The van der Waals surface area contributed by atoms with Crippen LogP contribution in [0.3, 0.4) is 0 Å². The van der Waals surface area contributed by atoms with E-state index in [1.54, 1.807) is 6.07 Å². The fraction of sp³-hybridized carbons (Fsp3) is 0.615. The van der Waals surface area contributed by atoms with Crippen molar-refractivity contribution in [3.05, 3.63) is 24.1 Å². The molecule has 0 aromatic carbocycles. The van der Waals surface area contributed by atoms with Crippen LogP contribution < -0.4 is 10.2 Å². The number of nitrogens with one attached hydrogen (secondary N) is 1. The van der Waals surface area contributed by atoms with Gasteiger partial charge in [0.2, 0.25) is 0 Å². The SMILES string of the molecule is CCCNCC1COCCN1c1ccc(F)cn1. The molecule has 1 saturated heterocycles. The van der Waals surface area contributed by atoms with Crippen LogP contribution in [0.15, 0.2) is 18.3 Å². The van der Waals surface area contributed by atoms with Crippen molar-refractivity contribution in [2.75, 3.05) is 37.7 Å². The number of nitrogens with zero attached hydrogens (tertiary/aromatic N) is 2. The van der Waals surface area contributed by atoms with E-state index in [9.17, 15) is 4.39 Å². The van der Waals surface area contributed by atoms with Crippen LogP contribution in [0.5, 0.6) is 0 Å². The first kappa shape index (κ1) is 13.2. The second-order valence-electron chi connectivity index (χ2n) is 4.46. The van der Waals surface area contributed by atoms with Gasteiger partial charge in [-0.25, -0.2) is 9.37 Å². The number of hydrogen-bond donors (Lipinski definition) is 1. The van der Waals surface area contributed by atoms with Crippen LogP contribution in [0.4, 0.5) is 10.2 Å². The topological polar surface area (TPSA) is 37.4 Å². The average molecular weight is 253 g/mol. The van der Waals surface area contributed by atoms with Gasteiger partial charge in [0.15, 0.2) is 0 Å². The third kappa shape index (κ3) is 3.40. The van der Waals surface area contributed by atoms with Crippen molar-refractivity contribution < 1.29 is 9.13 Å². The monoisotopic (exact) mass is 253 g/mol. The fourth-order valence-corrected chi connectivity index (χ4v) is 2.11. The van der Waals surface area contributed by atoms with Gasteiger partial charge in [-0.3, -0.25) is 0 Å². The van der Waals surface area contributed by atoms with Crippen LogP contribution in [-0.4, -0.2) is 43.9 Å². The predicted octanol–water partition coefficient (Wildman–Crippen LogP) is 1.43. The number of aromatic nitrogens is 1. The Kier molecular flexibility index (Phi) is 4.90. The highest BCUT2D eigenvalue weighted by atomic mass is 19.1. The Bertz CT molecular complexity index is 358. The Hall–Kier alpha value is -1.20. The molecule has 1 fully saturated rings. The van der Waals surface area contributed by atoms with E-state index >= 15 is 0 Å². The van der Waals surface area contributed by atoms with Gasteiger partial charge in [-0.1, -0.05) is 6.92 Å². The lowest BCUT2D eigenvalue weighted by atomic mass is 10.2. The molecule has 1 aliphatic rings. The molecule has 1 atom stereocenters. The van der Waals surface area contributed by atoms with Gasteiger partial charge in [0, 0.05) is 13.1 Å². The van der Waals surface area contributed by atoms with Crippen molar-refractivity contribution in [2.45, 2.75) is 19.4 Å². The Morgan fingerprint density at radius 2 is 2.44 bits per heavy atom. The minimum Gasteiger partial charge on any atom is -0.377 e. The minimum absolute atomic E-state index is 0.267. The van der Waals surface area contributed by atoms with Gasteiger partial charge in [-0.05, 0) is 25.1 Å². The zero-order valence-corrected chi connectivity index (χ0v) is 10.7. The van der Waals surface area contributed by atoms with E-state index in [-0.39, 0.29) is 11.9 Å². The van der Waals surface area contributed by atoms with Crippen LogP contribution in [0.1, 0.15) is 13.3 Å². The van der Waals surface area contributed by atoms with Crippen molar-refractivity contribution in [3.63, 3.8) is 0 Å². The Morgan fingerprint density at radius 1 is 1.56 bits per heavy atom. The molecule has 0 radical (unpaired) electrons. The number of rotatable bonds is 5. The van der Waals surface area contributed by atoms with Crippen molar-refractivity contribution in [2.24, 2.45) is 0 Å². The Balaban J connectivity index is 2.00. The highest BCUT2D eigenvalue weighted by Gasteiger charge is 2.23. The largest absolute Gasteiger partial charge is 0.377 e. The van der Waals surface area contributed by atoms with E-state index < -0.39 is 0 Å². The first-order valence-electron chi connectivity index (χ1n) is 6.48. The van der Waals surface area contributed by atoms with Gasteiger partial charge in [0.1, 0.15) is 11.6 Å². The van der Waals surface area contributed by atoms with E-state index in [1.165, 1.54) is 12.3 Å². The molecule has 0 amide bonds. The lowest BCUT2D eigenvalue weighted by Crippen LogP contribution is -2.51. The molecule has 0 saturated carbocycles. The smallest absolute Gasteiger partial charge is 0.141 e. The summed E-state index contributed by atoms with van der Waals surface area (Å²) >= 11 is 0. The predicted molar refractivity (Wildman–Crippen MR) is 69.3 cm³/mol. The van der Waals surface area contributed by atoms with Crippen molar-refractivity contribution in [1.29, 1.82) is 0 Å². The molecule has 1 aromatic rings. The van der Waals surface area contributed by atoms with Gasteiger partial charge < -0.3 is 15.0 Å². The summed E-state index contributed by atoms with van der Waals surface area (Å²) < 4.78 is 18.4. The second kappa shape index (κ2) is 6.66. The standard InChI is InChI=1S/C13H20FN3O/c1-2-5-15-9-12-10-18-7-6-17(12)13-4-3-11(14)8-16-13/h3-4,8,12,15H,2,5-7,9-10H2,1H3. The van der Waals surface area contributed by atoms with Gasteiger partial charge >= 0.3 is 0 Å². The maximum Gasteiger partial charge on any atom is 0.141 e. The molecule has 1 N–H and O–H groups in total. The zero-order valence-electron chi connectivity index (χ0n) is 10.7. The first-order valence-corrected chi connectivity index (χ1v) is 6.48. The van der Waals surface area contributed by atoms with Crippen molar-refractivity contribution in [1.82, 2.24) is 10.3 Å². The summed E-state index contributed by atoms with van der Waals surface area (Å²) in [5, 5.41) is 3.39. The van der Waals surface area contributed by atoms with Crippen LogP contribution in [0, 0.1) is 5.82 Å². The quantitative estimate of drug-likeness (QED) is 0.805. The first-order chi connectivity index (χ1) is 8.81. The molecule has 100 valence electrons. The summed E-state index contributed by atoms with van der Waals surface area (Å²) in [6.07, 6.45) is 2.38. The summed E-state index contributed by atoms with van der Waals surface area (Å²) in [6.45, 7) is 6.20. The van der Waals surface area contributed by atoms with Crippen molar-refractivity contribution in [3.8, 4) is 0 Å². The number of morpholine rings is 1. The third-order valence-electron chi connectivity index (χ3n) is 3.04. The minimum atomic E-state index is -0.298. The molecule has 1 aliphatic heterocycles. The summed E-state index contributed by atoms with van der Waals surface area (Å²) in [5.41, 5.74) is 0. The van der Waals surface area contributed by atoms with Crippen LogP contribution in [0.2, 0.25) is 0 Å². The van der Waals surface area contributed by atoms with Crippen molar-refractivity contribution >= 4 is 5.82 Å². The summed E-state index contributed by atoms with van der Waals surface area (Å²) in [7, 11) is 0. The Labute approximate surface area is 107 Å². The molecular formula is C13H20FN3O. The van der Waals surface area contributed by atoms with E-state index in [4.69, 9.17) is 4.74 Å². The lowest BCUT2D eigenvalue weighted by Gasteiger charge is -2.36. The van der Waals surface area contributed by atoms with E-state index in [0.717, 1.165) is 31.9 Å². The molecule has 0 bridgehead atoms. The number of anilines is 1. The molecule has 1 unspecified atom stereocenters. The van der Waals surface area contributed by atoms with Gasteiger partial charge in [0.25, 0.3) is 0 Å². The van der Waals surface area contributed by atoms with E-state index in [1.807, 2.05) is 0 Å². The van der Waals surface area contributed by atoms with Crippen LogP contribution >= 0.6 is 0 Å². The molecular weight excluding hydrogens is 233 g/mol. The van der Waals surface area contributed by atoms with Gasteiger partial charge in [-0.15, -0.1) is 0 Å². The lowest BCUT2D eigenvalue weighted by molar-refractivity contribution is 0.0934. The normalized spacial score (nSPS) is 20.1. The molecule has 2 heterocycles. The van der Waals surface area contributed by atoms with Gasteiger partial charge in [0.05, 0.1) is 25.5 Å². The molecule has 4 nitrogen and oxygen atoms in total. The van der Waals surface area contributed by atoms with E-state index in [2.05, 4.69) is 22.1 Å². The summed E-state index contributed by atoms with van der Waals surface area (Å²) in [4.78, 5) is 6.33. The number of pyridine rings is 1. The molecule has 0 spiro atoms. The number of hydrogen-bond acceptors (Lipinski definition) is 4.